The topological polar surface area (TPSA) is 41.8 Å². The van der Waals surface area contributed by atoms with E-state index in [9.17, 15) is 0 Å². The molecular weight excluding hydrogens is 216 g/mol. The Hall–Kier alpha value is -0.800. The Balaban J connectivity index is 2.73. The first kappa shape index (κ1) is 7.83. The quantitative estimate of drug-likeness (QED) is 0.768. The van der Waals surface area contributed by atoms with Crippen molar-refractivity contribution < 1.29 is 0 Å². The number of hydrogen-bond acceptors (Lipinski definition) is 1. The molecule has 62 valence electrons. The number of nitrogens with two attached hydrogens (primary N) is 1. The lowest BCUT2D eigenvalue weighted by Crippen LogP contribution is -1.96. The summed E-state index contributed by atoms with van der Waals surface area (Å²) >= 11 is 3.47. The summed E-state index contributed by atoms with van der Waals surface area (Å²) in [5.41, 5.74) is 7.83. The van der Waals surface area contributed by atoms with Crippen molar-refractivity contribution in [2.75, 3.05) is 0 Å². The fourth-order valence-corrected chi connectivity index (χ4v) is 1.80. The van der Waals surface area contributed by atoms with Crippen LogP contribution in [0.25, 0.3) is 10.9 Å². The van der Waals surface area contributed by atoms with Crippen LogP contribution in [-0.4, -0.2) is 4.98 Å². The van der Waals surface area contributed by atoms with Gasteiger partial charge in [0.15, 0.2) is 0 Å². The second kappa shape index (κ2) is 2.92. The molecule has 1 heterocycles. The average Bonchev–Trinajstić information content (AvgIpc) is 2.49. The minimum Gasteiger partial charge on any atom is -0.361 e. The zero-order valence-corrected chi connectivity index (χ0v) is 8.06. The van der Waals surface area contributed by atoms with E-state index in [0.29, 0.717) is 6.54 Å². The van der Waals surface area contributed by atoms with Crippen LogP contribution in [0.3, 0.4) is 0 Å². The predicted molar refractivity (Wildman–Crippen MR) is 53.9 cm³/mol. The highest BCUT2D eigenvalue weighted by molar-refractivity contribution is 9.10. The van der Waals surface area contributed by atoms with Gasteiger partial charge in [0.2, 0.25) is 0 Å². The van der Waals surface area contributed by atoms with Crippen molar-refractivity contribution >= 4 is 26.8 Å². The van der Waals surface area contributed by atoms with Crippen molar-refractivity contribution in [1.82, 2.24) is 4.98 Å². The highest BCUT2D eigenvalue weighted by Crippen LogP contribution is 2.23. The molecule has 0 aliphatic carbocycles. The van der Waals surface area contributed by atoms with E-state index in [4.69, 9.17) is 5.73 Å². The van der Waals surface area contributed by atoms with E-state index < -0.39 is 0 Å². The van der Waals surface area contributed by atoms with Crippen molar-refractivity contribution in [3.8, 4) is 0 Å². The number of aromatic nitrogens is 1. The second-order valence-electron chi connectivity index (χ2n) is 2.71. The molecule has 3 heteroatoms. The summed E-state index contributed by atoms with van der Waals surface area (Å²) in [5.74, 6) is 0. The summed E-state index contributed by atoms with van der Waals surface area (Å²) in [6.45, 7) is 0.565. The van der Waals surface area contributed by atoms with Gasteiger partial charge in [-0.25, -0.2) is 0 Å². The van der Waals surface area contributed by atoms with Crippen molar-refractivity contribution in [3.63, 3.8) is 0 Å². The summed E-state index contributed by atoms with van der Waals surface area (Å²) in [7, 11) is 0. The normalized spacial score (nSPS) is 10.8. The van der Waals surface area contributed by atoms with Gasteiger partial charge in [-0.2, -0.15) is 0 Å². The van der Waals surface area contributed by atoms with Gasteiger partial charge in [-0.1, -0.05) is 15.9 Å². The number of rotatable bonds is 1. The monoisotopic (exact) mass is 224 g/mol. The fourth-order valence-electron chi connectivity index (χ4n) is 1.27. The summed E-state index contributed by atoms with van der Waals surface area (Å²) in [4.78, 5) is 3.15. The van der Waals surface area contributed by atoms with E-state index in [1.807, 2.05) is 12.3 Å². The first-order valence-electron chi connectivity index (χ1n) is 3.77. The molecule has 1 aromatic heterocycles. The van der Waals surface area contributed by atoms with Gasteiger partial charge >= 0.3 is 0 Å². The molecule has 12 heavy (non-hydrogen) atoms. The summed E-state index contributed by atoms with van der Waals surface area (Å²) in [6, 6.07) is 6.19. The highest BCUT2D eigenvalue weighted by atomic mass is 79.9. The molecule has 0 bridgehead atoms. The molecule has 0 spiro atoms. The summed E-state index contributed by atoms with van der Waals surface area (Å²) < 4.78 is 1.08. The number of H-pyrrole nitrogens is 1. The Morgan fingerprint density at radius 1 is 1.42 bits per heavy atom. The number of hydrogen-bond donors (Lipinski definition) is 2. The molecule has 2 nitrogen and oxygen atoms in total. The van der Waals surface area contributed by atoms with E-state index in [-0.39, 0.29) is 0 Å². The minimum atomic E-state index is 0.565. The van der Waals surface area contributed by atoms with E-state index in [1.54, 1.807) is 0 Å². The summed E-state index contributed by atoms with van der Waals surface area (Å²) in [6.07, 6.45) is 1.93. The maximum Gasteiger partial charge on any atom is 0.0457 e. The smallest absolute Gasteiger partial charge is 0.0457 e. The Kier molecular flexibility index (Phi) is 1.90. The Labute approximate surface area is 78.9 Å². The molecule has 0 fully saturated rings. The maximum atomic E-state index is 5.57. The predicted octanol–water partition coefficient (Wildman–Crippen LogP) is 2.39. The van der Waals surface area contributed by atoms with Gasteiger partial charge in [0.05, 0.1) is 0 Å². The van der Waals surface area contributed by atoms with Crippen LogP contribution in [0.5, 0.6) is 0 Å². The van der Waals surface area contributed by atoms with E-state index in [1.165, 1.54) is 5.39 Å². The SMILES string of the molecule is NCc1cc2[nH]ccc2cc1Br. The third-order valence-corrected chi connectivity index (χ3v) is 2.68. The van der Waals surface area contributed by atoms with Crippen molar-refractivity contribution in [2.24, 2.45) is 5.73 Å². The number of halogens is 1. The Morgan fingerprint density at radius 2 is 2.25 bits per heavy atom. The van der Waals surface area contributed by atoms with Crippen LogP contribution >= 0.6 is 15.9 Å². The third kappa shape index (κ3) is 1.15. The number of nitrogens with one attached hydrogen (secondary N) is 1. The standard InChI is InChI=1S/C9H9BrN2/c10-8-3-6-1-2-12-9(6)4-7(8)5-11/h1-4,12H,5,11H2. The molecule has 0 saturated carbocycles. The van der Waals surface area contributed by atoms with Crippen LogP contribution in [0.1, 0.15) is 5.56 Å². The van der Waals surface area contributed by atoms with Crippen molar-refractivity contribution in [3.05, 3.63) is 34.4 Å². The number of aromatic amines is 1. The van der Waals surface area contributed by atoms with Crippen LogP contribution in [0.15, 0.2) is 28.9 Å². The van der Waals surface area contributed by atoms with Crippen LogP contribution in [0, 0.1) is 0 Å². The first-order chi connectivity index (χ1) is 5.81. The minimum absolute atomic E-state index is 0.565. The number of benzene rings is 1. The fraction of sp³-hybridized carbons (Fsp3) is 0.111. The van der Waals surface area contributed by atoms with Crippen LogP contribution in [0.2, 0.25) is 0 Å². The Morgan fingerprint density at radius 3 is 3.00 bits per heavy atom. The van der Waals surface area contributed by atoms with Crippen molar-refractivity contribution in [1.29, 1.82) is 0 Å². The van der Waals surface area contributed by atoms with Crippen LogP contribution in [0.4, 0.5) is 0 Å². The molecule has 0 atom stereocenters. The molecule has 0 amide bonds. The van der Waals surface area contributed by atoms with Gasteiger partial charge in [-0.05, 0) is 23.8 Å². The molecule has 1 aromatic carbocycles. The van der Waals surface area contributed by atoms with E-state index >= 15 is 0 Å². The first-order valence-corrected chi connectivity index (χ1v) is 4.56. The number of fused-ring (bicyclic) bond motifs is 1. The largest absolute Gasteiger partial charge is 0.361 e. The Bertz CT molecular complexity index is 406. The molecule has 0 aliphatic heterocycles. The molecule has 2 rings (SSSR count). The lowest BCUT2D eigenvalue weighted by atomic mass is 10.2. The second-order valence-corrected chi connectivity index (χ2v) is 3.57. The molecule has 0 saturated heterocycles. The average molecular weight is 225 g/mol. The molecule has 0 radical (unpaired) electrons. The van der Waals surface area contributed by atoms with Gasteiger partial charge in [0.25, 0.3) is 0 Å². The molecule has 3 N–H and O–H groups in total. The summed E-state index contributed by atoms with van der Waals surface area (Å²) in [5, 5.41) is 1.21. The lowest BCUT2D eigenvalue weighted by Gasteiger charge is -2.00. The molecule has 0 unspecified atom stereocenters. The van der Waals surface area contributed by atoms with E-state index in [0.717, 1.165) is 15.6 Å². The highest BCUT2D eigenvalue weighted by Gasteiger charge is 2.00. The zero-order valence-electron chi connectivity index (χ0n) is 6.47. The van der Waals surface area contributed by atoms with Gasteiger partial charge in [-0.15, -0.1) is 0 Å². The lowest BCUT2D eigenvalue weighted by molar-refractivity contribution is 1.06. The van der Waals surface area contributed by atoms with Gasteiger partial charge < -0.3 is 10.7 Å². The van der Waals surface area contributed by atoms with Gasteiger partial charge in [0.1, 0.15) is 0 Å². The van der Waals surface area contributed by atoms with Gasteiger partial charge in [-0.3, -0.25) is 0 Å². The van der Waals surface area contributed by atoms with Crippen LogP contribution < -0.4 is 5.73 Å². The zero-order chi connectivity index (χ0) is 8.55. The van der Waals surface area contributed by atoms with E-state index in [2.05, 4.69) is 33.0 Å². The molecular formula is C9H9BrN2. The van der Waals surface area contributed by atoms with Crippen LogP contribution in [-0.2, 0) is 6.54 Å². The molecule has 2 aromatic rings. The molecule has 0 aliphatic rings. The van der Waals surface area contributed by atoms with Gasteiger partial charge in [0, 0.05) is 28.1 Å². The third-order valence-electron chi connectivity index (χ3n) is 1.94. The van der Waals surface area contributed by atoms with Crippen molar-refractivity contribution in [2.45, 2.75) is 6.54 Å². The maximum absolute atomic E-state index is 5.57.